The lowest BCUT2D eigenvalue weighted by Crippen LogP contribution is -2.40. The summed E-state index contributed by atoms with van der Waals surface area (Å²) in [7, 11) is 3.05. The van der Waals surface area contributed by atoms with Gasteiger partial charge in [-0.3, -0.25) is 4.79 Å². The van der Waals surface area contributed by atoms with Crippen LogP contribution in [0.4, 0.5) is 4.39 Å². The monoisotopic (exact) mass is 240 g/mol. The van der Waals surface area contributed by atoms with Crippen LogP contribution in [0.2, 0.25) is 0 Å². The number of ether oxygens (including phenoxy) is 1. The highest BCUT2D eigenvalue weighted by Gasteiger charge is 2.11. The summed E-state index contributed by atoms with van der Waals surface area (Å²) in [6, 6.07) is 4.28. The van der Waals surface area contributed by atoms with Gasteiger partial charge in [0.15, 0.2) is 0 Å². The maximum Gasteiger partial charge on any atom is 0.236 e. The van der Waals surface area contributed by atoms with Crippen LogP contribution in [0.15, 0.2) is 18.2 Å². The molecule has 1 aromatic carbocycles. The number of benzene rings is 1. The van der Waals surface area contributed by atoms with Gasteiger partial charge in [0.2, 0.25) is 5.91 Å². The van der Waals surface area contributed by atoms with E-state index in [1.165, 1.54) is 13.2 Å². The van der Waals surface area contributed by atoms with Crippen LogP contribution in [-0.4, -0.2) is 26.1 Å². The third kappa shape index (κ3) is 3.71. The molecule has 0 aliphatic rings. The summed E-state index contributed by atoms with van der Waals surface area (Å²) in [6.07, 6.45) is 0. The summed E-state index contributed by atoms with van der Waals surface area (Å²) in [5, 5.41) is 5.45. The van der Waals surface area contributed by atoms with Crippen LogP contribution in [0.3, 0.4) is 0 Å². The summed E-state index contributed by atoms with van der Waals surface area (Å²) in [5.41, 5.74) is 0.501. The lowest BCUT2D eigenvalue weighted by atomic mass is 10.2. The van der Waals surface area contributed by atoms with Gasteiger partial charge in [-0.1, -0.05) is 6.07 Å². The predicted octanol–water partition coefficient (Wildman–Crippen LogP) is 1.06. The van der Waals surface area contributed by atoms with E-state index in [-0.39, 0.29) is 17.8 Å². The molecule has 0 spiro atoms. The first-order chi connectivity index (χ1) is 8.08. The molecular formula is C12H17FN2O2. The molecule has 1 aromatic rings. The SMILES string of the molecule is CNC(=O)C(C)NCc1ccc(OC)cc1F. The summed E-state index contributed by atoms with van der Waals surface area (Å²) >= 11 is 0. The first-order valence-corrected chi connectivity index (χ1v) is 5.36. The van der Waals surface area contributed by atoms with Crippen molar-refractivity contribution in [3.05, 3.63) is 29.6 Å². The standard InChI is InChI=1S/C12H17FN2O2/c1-8(12(16)14-2)15-7-9-4-5-10(17-3)6-11(9)13/h4-6,8,15H,7H2,1-3H3,(H,14,16). The zero-order chi connectivity index (χ0) is 12.8. The molecule has 0 aliphatic carbocycles. The molecule has 0 radical (unpaired) electrons. The second-order valence-corrected chi connectivity index (χ2v) is 3.67. The lowest BCUT2D eigenvalue weighted by Gasteiger charge is -2.12. The zero-order valence-corrected chi connectivity index (χ0v) is 10.2. The summed E-state index contributed by atoms with van der Waals surface area (Å²) < 4.78 is 18.5. The Bertz CT molecular complexity index is 396. The van der Waals surface area contributed by atoms with Gasteiger partial charge >= 0.3 is 0 Å². The minimum absolute atomic E-state index is 0.126. The molecule has 2 N–H and O–H groups in total. The van der Waals surface area contributed by atoms with Crippen LogP contribution in [-0.2, 0) is 11.3 Å². The van der Waals surface area contributed by atoms with Gasteiger partial charge in [0.25, 0.3) is 0 Å². The van der Waals surface area contributed by atoms with Crippen molar-refractivity contribution in [2.75, 3.05) is 14.2 Å². The van der Waals surface area contributed by atoms with Crippen molar-refractivity contribution >= 4 is 5.91 Å². The lowest BCUT2D eigenvalue weighted by molar-refractivity contribution is -0.122. The van der Waals surface area contributed by atoms with Gasteiger partial charge in [-0.25, -0.2) is 4.39 Å². The molecule has 0 fully saturated rings. The Morgan fingerprint density at radius 2 is 2.24 bits per heavy atom. The van der Waals surface area contributed by atoms with Crippen molar-refractivity contribution in [3.63, 3.8) is 0 Å². The van der Waals surface area contributed by atoms with E-state index in [1.54, 1.807) is 26.1 Å². The maximum atomic E-state index is 13.5. The van der Waals surface area contributed by atoms with E-state index in [9.17, 15) is 9.18 Å². The number of carbonyl (C=O) groups is 1. The number of hydrogen-bond donors (Lipinski definition) is 2. The number of carbonyl (C=O) groups excluding carboxylic acids is 1. The largest absolute Gasteiger partial charge is 0.497 e. The van der Waals surface area contributed by atoms with Crippen molar-refractivity contribution in [1.29, 1.82) is 0 Å². The van der Waals surface area contributed by atoms with Gasteiger partial charge in [-0.2, -0.15) is 0 Å². The van der Waals surface area contributed by atoms with E-state index in [2.05, 4.69) is 10.6 Å². The van der Waals surface area contributed by atoms with Crippen LogP contribution < -0.4 is 15.4 Å². The van der Waals surface area contributed by atoms with Crippen molar-refractivity contribution in [2.45, 2.75) is 19.5 Å². The summed E-state index contributed by atoms with van der Waals surface area (Å²) in [6.45, 7) is 2.02. The minimum Gasteiger partial charge on any atom is -0.497 e. The summed E-state index contributed by atoms with van der Waals surface area (Å²) in [5.74, 6) is 0.00507. The summed E-state index contributed by atoms with van der Waals surface area (Å²) in [4.78, 5) is 11.2. The molecule has 1 atom stereocenters. The van der Waals surface area contributed by atoms with E-state index in [0.29, 0.717) is 17.9 Å². The van der Waals surface area contributed by atoms with E-state index >= 15 is 0 Å². The van der Waals surface area contributed by atoms with E-state index < -0.39 is 0 Å². The first-order valence-electron chi connectivity index (χ1n) is 5.36. The fourth-order valence-electron chi connectivity index (χ4n) is 1.37. The topological polar surface area (TPSA) is 50.4 Å². The van der Waals surface area contributed by atoms with Crippen LogP contribution in [0.25, 0.3) is 0 Å². The predicted molar refractivity (Wildman–Crippen MR) is 63.3 cm³/mol. The van der Waals surface area contributed by atoms with Crippen LogP contribution in [0.1, 0.15) is 12.5 Å². The van der Waals surface area contributed by atoms with Gasteiger partial charge in [-0.15, -0.1) is 0 Å². The fourth-order valence-corrected chi connectivity index (χ4v) is 1.37. The first kappa shape index (κ1) is 13.4. The van der Waals surface area contributed by atoms with E-state index in [0.717, 1.165) is 0 Å². The van der Waals surface area contributed by atoms with Gasteiger partial charge in [-0.05, 0) is 13.0 Å². The minimum atomic E-state index is -0.360. The Hall–Kier alpha value is -1.62. The highest BCUT2D eigenvalue weighted by atomic mass is 19.1. The van der Waals surface area contributed by atoms with Crippen molar-refractivity contribution in [3.8, 4) is 5.75 Å². The molecular weight excluding hydrogens is 223 g/mol. The Balaban J connectivity index is 2.60. The van der Waals surface area contributed by atoms with Gasteiger partial charge in [0.1, 0.15) is 11.6 Å². The smallest absolute Gasteiger partial charge is 0.236 e. The molecule has 0 heterocycles. The Kier molecular flexibility index (Phi) is 4.90. The normalized spacial score (nSPS) is 12.0. The molecule has 1 unspecified atom stereocenters. The van der Waals surface area contributed by atoms with E-state index in [4.69, 9.17) is 4.74 Å². The number of rotatable bonds is 5. The van der Waals surface area contributed by atoms with Gasteiger partial charge in [0, 0.05) is 25.2 Å². The molecule has 17 heavy (non-hydrogen) atoms. The third-order valence-electron chi connectivity index (χ3n) is 2.50. The second kappa shape index (κ2) is 6.20. The third-order valence-corrected chi connectivity index (χ3v) is 2.50. The molecule has 5 heteroatoms. The van der Waals surface area contributed by atoms with Crippen LogP contribution >= 0.6 is 0 Å². The van der Waals surface area contributed by atoms with Gasteiger partial charge < -0.3 is 15.4 Å². The Morgan fingerprint density at radius 1 is 1.53 bits per heavy atom. The molecule has 0 saturated carbocycles. The highest BCUT2D eigenvalue weighted by molar-refractivity contribution is 5.80. The molecule has 94 valence electrons. The number of halogens is 1. The number of likely N-dealkylation sites (N-methyl/N-ethyl adjacent to an activating group) is 1. The quantitative estimate of drug-likeness (QED) is 0.809. The highest BCUT2D eigenvalue weighted by Crippen LogP contribution is 2.16. The van der Waals surface area contributed by atoms with Crippen LogP contribution in [0.5, 0.6) is 5.75 Å². The molecule has 1 rings (SSSR count). The van der Waals surface area contributed by atoms with Crippen molar-refractivity contribution in [2.24, 2.45) is 0 Å². The average Bonchev–Trinajstić information content (AvgIpc) is 2.35. The molecule has 4 nitrogen and oxygen atoms in total. The van der Waals surface area contributed by atoms with E-state index in [1.807, 2.05) is 0 Å². The number of amides is 1. The maximum absolute atomic E-state index is 13.5. The molecule has 0 aromatic heterocycles. The van der Waals surface area contributed by atoms with Crippen molar-refractivity contribution in [1.82, 2.24) is 10.6 Å². The molecule has 0 aliphatic heterocycles. The molecule has 1 amide bonds. The second-order valence-electron chi connectivity index (χ2n) is 3.67. The Morgan fingerprint density at radius 3 is 2.76 bits per heavy atom. The number of methoxy groups -OCH3 is 1. The van der Waals surface area contributed by atoms with Crippen molar-refractivity contribution < 1.29 is 13.9 Å². The number of nitrogens with one attached hydrogen (secondary N) is 2. The molecule has 0 bridgehead atoms. The van der Waals surface area contributed by atoms with Crippen LogP contribution in [0, 0.1) is 5.82 Å². The number of hydrogen-bond acceptors (Lipinski definition) is 3. The Labute approximate surface area is 100 Å². The average molecular weight is 240 g/mol. The molecule has 0 saturated heterocycles. The van der Waals surface area contributed by atoms with Gasteiger partial charge in [0.05, 0.1) is 13.2 Å². The fraction of sp³-hybridized carbons (Fsp3) is 0.417. The zero-order valence-electron chi connectivity index (χ0n) is 10.2.